The van der Waals surface area contributed by atoms with Crippen molar-refractivity contribution < 1.29 is 23.9 Å². The average Bonchev–Trinajstić information content (AvgIpc) is 3.27. The molecule has 10 nitrogen and oxygen atoms in total. The Hall–Kier alpha value is -3.76. The maximum atomic E-state index is 12.9. The molecule has 5 rings (SSSR count). The summed E-state index contributed by atoms with van der Waals surface area (Å²) in [4.78, 5) is 50.6. The summed E-state index contributed by atoms with van der Waals surface area (Å²) >= 11 is 0. The maximum absolute atomic E-state index is 12.9. The summed E-state index contributed by atoms with van der Waals surface area (Å²) in [5, 5.41) is 8.29. The fourth-order valence-electron chi connectivity index (χ4n) is 5.52. The van der Waals surface area contributed by atoms with Crippen LogP contribution in [0.15, 0.2) is 42.5 Å². The van der Waals surface area contributed by atoms with Gasteiger partial charge in [-0.2, -0.15) is 0 Å². The number of nitrogens with one attached hydrogen (secondary N) is 3. The van der Waals surface area contributed by atoms with Crippen molar-refractivity contribution >= 4 is 23.8 Å². The van der Waals surface area contributed by atoms with Crippen LogP contribution in [0.5, 0.6) is 0 Å². The minimum Gasteiger partial charge on any atom is -0.374 e. The minimum atomic E-state index is -0.640. The van der Waals surface area contributed by atoms with Crippen molar-refractivity contribution in [1.82, 2.24) is 20.9 Å². The van der Waals surface area contributed by atoms with Crippen molar-refractivity contribution in [3.63, 3.8) is 0 Å². The molecule has 0 aromatic heterocycles. The fourth-order valence-corrected chi connectivity index (χ4v) is 5.52. The van der Waals surface area contributed by atoms with E-state index in [1.54, 1.807) is 6.07 Å². The Morgan fingerprint density at radius 2 is 1.69 bits per heavy atom. The number of urea groups is 1. The topological polar surface area (TPSA) is 143 Å². The monoisotopic (exact) mass is 533 g/mol. The summed E-state index contributed by atoms with van der Waals surface area (Å²) in [5.74, 6) is -0.941. The predicted octanol–water partition coefficient (Wildman–Crippen LogP) is 2.23. The first-order valence-corrected chi connectivity index (χ1v) is 13.6. The standard InChI is InChI=1S/C29H35N5O5/c30-14-18-1-3-19(4-2-18)17-39-23-8-6-22(7-9-23)32-29(38)31-15-20-5-10-24-21(13-20)16-34(28(24)37)25-11-12-26(35)33-27(25)36/h1-5,10,13,22-23,25H,6-9,11-12,14-17,30H2,(H2,31,32,38)(H,33,35,36). The molecule has 2 aliphatic heterocycles. The molecule has 10 heteroatoms. The first-order valence-electron chi connectivity index (χ1n) is 13.6. The molecule has 2 aromatic rings. The molecule has 5 amide bonds. The van der Waals surface area contributed by atoms with E-state index in [1.165, 1.54) is 4.90 Å². The van der Waals surface area contributed by atoms with Gasteiger partial charge in [0.15, 0.2) is 0 Å². The minimum absolute atomic E-state index is 0.105. The van der Waals surface area contributed by atoms with Gasteiger partial charge in [-0.1, -0.05) is 36.4 Å². The van der Waals surface area contributed by atoms with Crippen molar-refractivity contribution in [1.29, 1.82) is 0 Å². The third-order valence-corrected chi connectivity index (χ3v) is 7.79. The number of ether oxygens (including phenoxy) is 1. The van der Waals surface area contributed by atoms with Crippen LogP contribution in [0.2, 0.25) is 0 Å². The molecule has 1 saturated heterocycles. The maximum Gasteiger partial charge on any atom is 0.315 e. The highest BCUT2D eigenvalue weighted by Crippen LogP contribution is 2.28. The highest BCUT2D eigenvalue weighted by atomic mass is 16.5. The van der Waals surface area contributed by atoms with Gasteiger partial charge in [-0.25, -0.2) is 4.79 Å². The molecular formula is C29H35N5O5. The van der Waals surface area contributed by atoms with Crippen LogP contribution >= 0.6 is 0 Å². The number of nitrogens with two attached hydrogens (primary N) is 1. The molecule has 206 valence electrons. The van der Waals surface area contributed by atoms with Crippen LogP contribution < -0.4 is 21.7 Å². The number of amides is 5. The van der Waals surface area contributed by atoms with Gasteiger partial charge >= 0.3 is 6.03 Å². The van der Waals surface area contributed by atoms with Gasteiger partial charge in [0.1, 0.15) is 6.04 Å². The van der Waals surface area contributed by atoms with Gasteiger partial charge in [0.05, 0.1) is 12.7 Å². The Kier molecular flexibility index (Phi) is 8.23. The Balaban J connectivity index is 1.04. The van der Waals surface area contributed by atoms with E-state index in [9.17, 15) is 19.2 Å². The smallest absolute Gasteiger partial charge is 0.315 e. The number of fused-ring (bicyclic) bond motifs is 1. The van der Waals surface area contributed by atoms with E-state index in [2.05, 4.69) is 16.0 Å². The molecular weight excluding hydrogens is 498 g/mol. The number of piperidine rings is 1. The number of nitrogens with zero attached hydrogens (tertiary/aromatic N) is 1. The lowest BCUT2D eigenvalue weighted by molar-refractivity contribution is -0.136. The zero-order valence-electron chi connectivity index (χ0n) is 21.9. The number of carbonyl (C=O) groups excluding carboxylic acids is 4. The van der Waals surface area contributed by atoms with Gasteiger partial charge in [-0.15, -0.1) is 0 Å². The summed E-state index contributed by atoms with van der Waals surface area (Å²) in [6.07, 6.45) is 4.26. The molecule has 1 unspecified atom stereocenters. The fraction of sp³-hybridized carbons (Fsp3) is 0.448. The van der Waals surface area contributed by atoms with Gasteiger partial charge in [0.25, 0.3) is 5.91 Å². The van der Waals surface area contributed by atoms with E-state index in [4.69, 9.17) is 10.5 Å². The van der Waals surface area contributed by atoms with Crippen LogP contribution in [0.25, 0.3) is 0 Å². The average molecular weight is 534 g/mol. The lowest BCUT2D eigenvalue weighted by Gasteiger charge is -2.29. The van der Waals surface area contributed by atoms with Crippen molar-refractivity contribution in [2.24, 2.45) is 5.73 Å². The molecule has 2 aromatic carbocycles. The molecule has 0 radical (unpaired) electrons. The lowest BCUT2D eigenvalue weighted by atomic mass is 9.93. The predicted molar refractivity (Wildman–Crippen MR) is 143 cm³/mol. The first-order chi connectivity index (χ1) is 18.9. The number of hydrogen-bond donors (Lipinski definition) is 4. The highest BCUT2D eigenvalue weighted by molar-refractivity contribution is 6.05. The van der Waals surface area contributed by atoms with Crippen LogP contribution in [0.3, 0.4) is 0 Å². The van der Waals surface area contributed by atoms with E-state index in [-0.39, 0.29) is 36.4 Å². The second kappa shape index (κ2) is 12.0. The SMILES string of the molecule is NCc1ccc(COC2CCC(NC(=O)NCc3ccc4c(c3)CN(C3CCC(=O)NC3=O)C4=O)CC2)cc1. The third kappa shape index (κ3) is 6.46. The van der Waals surface area contributed by atoms with Gasteiger partial charge in [0, 0.05) is 37.7 Å². The molecule has 1 aliphatic carbocycles. The largest absolute Gasteiger partial charge is 0.374 e. The Morgan fingerprint density at radius 1 is 0.974 bits per heavy atom. The molecule has 2 heterocycles. The van der Waals surface area contributed by atoms with Crippen molar-refractivity contribution in [3.8, 4) is 0 Å². The summed E-state index contributed by atoms with van der Waals surface area (Å²) in [7, 11) is 0. The van der Waals surface area contributed by atoms with Crippen LogP contribution in [0, 0.1) is 0 Å². The van der Waals surface area contributed by atoms with E-state index in [1.807, 2.05) is 36.4 Å². The Labute approximate surface area is 227 Å². The molecule has 39 heavy (non-hydrogen) atoms. The summed E-state index contributed by atoms with van der Waals surface area (Å²) < 4.78 is 6.08. The zero-order chi connectivity index (χ0) is 27.4. The molecule has 0 spiro atoms. The molecule has 2 fully saturated rings. The zero-order valence-corrected chi connectivity index (χ0v) is 21.9. The van der Waals surface area contributed by atoms with E-state index in [0.29, 0.717) is 38.2 Å². The molecule has 1 atom stereocenters. The number of imide groups is 1. The van der Waals surface area contributed by atoms with Gasteiger partial charge in [0.2, 0.25) is 11.8 Å². The van der Waals surface area contributed by atoms with Crippen LogP contribution in [0.1, 0.15) is 71.1 Å². The highest BCUT2D eigenvalue weighted by Gasteiger charge is 2.39. The summed E-state index contributed by atoms with van der Waals surface area (Å²) in [5.41, 5.74) is 10.1. The van der Waals surface area contributed by atoms with Crippen molar-refractivity contribution in [2.45, 2.75) is 83.0 Å². The van der Waals surface area contributed by atoms with E-state index >= 15 is 0 Å². The Bertz CT molecular complexity index is 1240. The summed E-state index contributed by atoms with van der Waals surface area (Å²) in [6.45, 7) is 1.75. The van der Waals surface area contributed by atoms with Crippen molar-refractivity contribution in [3.05, 3.63) is 70.3 Å². The molecule has 3 aliphatic rings. The molecule has 1 saturated carbocycles. The van der Waals surface area contributed by atoms with E-state index in [0.717, 1.165) is 47.9 Å². The van der Waals surface area contributed by atoms with Crippen molar-refractivity contribution in [2.75, 3.05) is 0 Å². The second-order valence-electron chi connectivity index (χ2n) is 10.5. The first kappa shape index (κ1) is 26.8. The van der Waals surface area contributed by atoms with Gasteiger partial charge < -0.3 is 26.0 Å². The van der Waals surface area contributed by atoms with Gasteiger partial charge in [-0.3, -0.25) is 19.7 Å². The normalized spacial score (nSPS) is 22.8. The van der Waals surface area contributed by atoms with Crippen LogP contribution in [-0.4, -0.2) is 46.8 Å². The number of rotatable bonds is 8. The molecule has 5 N–H and O–H groups in total. The van der Waals surface area contributed by atoms with Crippen LogP contribution in [-0.2, 0) is 40.6 Å². The lowest BCUT2D eigenvalue weighted by Crippen LogP contribution is -2.52. The molecule has 0 bridgehead atoms. The number of carbonyl (C=O) groups is 4. The second-order valence-corrected chi connectivity index (χ2v) is 10.5. The van der Waals surface area contributed by atoms with Gasteiger partial charge in [-0.05, 0) is 60.4 Å². The quantitative estimate of drug-likeness (QED) is 0.383. The summed E-state index contributed by atoms with van der Waals surface area (Å²) in [6, 6.07) is 12.8. The number of benzene rings is 2. The van der Waals surface area contributed by atoms with Crippen LogP contribution in [0.4, 0.5) is 4.79 Å². The van der Waals surface area contributed by atoms with E-state index < -0.39 is 11.9 Å². The Morgan fingerprint density at radius 3 is 2.41 bits per heavy atom. The third-order valence-electron chi connectivity index (χ3n) is 7.79. The number of hydrogen-bond acceptors (Lipinski definition) is 6.